The van der Waals surface area contributed by atoms with Crippen LogP contribution in [0.1, 0.15) is 10.4 Å². The van der Waals surface area contributed by atoms with Crippen LogP contribution in [0.15, 0.2) is 109 Å². The second-order valence-corrected chi connectivity index (χ2v) is 9.32. The highest BCUT2D eigenvalue weighted by atomic mass is 32.2. The van der Waals surface area contributed by atoms with Gasteiger partial charge in [-0.05, 0) is 48.5 Å². The van der Waals surface area contributed by atoms with E-state index in [2.05, 4.69) is 18.5 Å². The fraction of sp³-hybridized carbons (Fsp3) is 0.148. The first-order valence-corrected chi connectivity index (χ1v) is 12.4. The molecule has 7 nitrogen and oxygen atoms in total. The van der Waals surface area contributed by atoms with Gasteiger partial charge in [0.1, 0.15) is 24.7 Å². The standard InChI is InChI=1S/C27H28N2O5S/c1-3-18-29(19-4-2)35(31,32)24-16-14-22(15-17-24)28-27(30)25-12-8-9-13-26(25)34-21-20-33-23-10-6-5-7-11-23/h3-17H,1-2,18-21H2,(H,28,30). The number of nitrogens with zero attached hydrogens (tertiary/aromatic N) is 1. The summed E-state index contributed by atoms with van der Waals surface area (Å²) in [6, 6.07) is 22.3. The minimum Gasteiger partial charge on any atom is -0.490 e. The van der Waals surface area contributed by atoms with Gasteiger partial charge < -0.3 is 14.8 Å². The van der Waals surface area contributed by atoms with Gasteiger partial charge in [0.05, 0.1) is 10.5 Å². The molecule has 8 heteroatoms. The van der Waals surface area contributed by atoms with Gasteiger partial charge in [-0.2, -0.15) is 4.31 Å². The summed E-state index contributed by atoms with van der Waals surface area (Å²) in [5.41, 5.74) is 0.808. The summed E-state index contributed by atoms with van der Waals surface area (Å²) in [7, 11) is -3.72. The molecule has 0 unspecified atom stereocenters. The van der Waals surface area contributed by atoms with Crippen molar-refractivity contribution in [1.29, 1.82) is 0 Å². The topological polar surface area (TPSA) is 84.9 Å². The molecule has 182 valence electrons. The first-order valence-electron chi connectivity index (χ1n) is 11.0. The van der Waals surface area contributed by atoms with Crippen LogP contribution in [0, 0.1) is 0 Å². The lowest BCUT2D eigenvalue weighted by Crippen LogP contribution is -2.31. The minimum absolute atomic E-state index is 0.112. The van der Waals surface area contributed by atoms with Crippen LogP contribution in [0.2, 0.25) is 0 Å². The molecule has 0 heterocycles. The number of ether oxygens (including phenoxy) is 2. The lowest BCUT2D eigenvalue weighted by atomic mass is 10.2. The monoisotopic (exact) mass is 492 g/mol. The number of amides is 1. The number of anilines is 1. The van der Waals surface area contributed by atoms with E-state index in [1.165, 1.54) is 28.6 Å². The van der Waals surface area contributed by atoms with E-state index >= 15 is 0 Å². The van der Waals surface area contributed by atoms with E-state index in [-0.39, 0.29) is 30.5 Å². The normalized spacial score (nSPS) is 11.0. The van der Waals surface area contributed by atoms with Crippen LogP contribution in [-0.2, 0) is 10.0 Å². The second-order valence-electron chi connectivity index (χ2n) is 7.38. The molecular formula is C27H28N2O5S. The smallest absolute Gasteiger partial charge is 0.259 e. The predicted octanol–water partition coefficient (Wildman–Crippen LogP) is 4.76. The number of benzene rings is 3. The van der Waals surface area contributed by atoms with Crippen molar-refractivity contribution in [3.05, 3.63) is 110 Å². The molecule has 3 rings (SSSR count). The van der Waals surface area contributed by atoms with Gasteiger partial charge >= 0.3 is 0 Å². The molecule has 0 aliphatic heterocycles. The quantitative estimate of drug-likeness (QED) is 0.275. The van der Waals surface area contributed by atoms with Crippen molar-refractivity contribution >= 4 is 21.6 Å². The Morgan fingerprint density at radius 1 is 0.829 bits per heavy atom. The zero-order valence-electron chi connectivity index (χ0n) is 19.3. The van der Waals surface area contributed by atoms with Crippen molar-refractivity contribution < 1.29 is 22.7 Å². The molecule has 35 heavy (non-hydrogen) atoms. The lowest BCUT2D eigenvalue weighted by Gasteiger charge is -2.19. The van der Waals surface area contributed by atoms with Crippen LogP contribution in [0.4, 0.5) is 5.69 Å². The van der Waals surface area contributed by atoms with Gasteiger partial charge in [-0.25, -0.2) is 8.42 Å². The van der Waals surface area contributed by atoms with Crippen molar-refractivity contribution in [1.82, 2.24) is 4.31 Å². The largest absolute Gasteiger partial charge is 0.490 e. The molecule has 0 saturated heterocycles. The van der Waals surface area contributed by atoms with E-state index < -0.39 is 10.0 Å². The van der Waals surface area contributed by atoms with Crippen LogP contribution in [0.5, 0.6) is 11.5 Å². The molecule has 0 atom stereocenters. The molecule has 3 aromatic rings. The Labute approximate surface area is 206 Å². The Balaban J connectivity index is 1.63. The number of para-hydroxylation sites is 2. The minimum atomic E-state index is -3.72. The Morgan fingerprint density at radius 3 is 2.09 bits per heavy atom. The van der Waals surface area contributed by atoms with Crippen LogP contribution < -0.4 is 14.8 Å². The molecule has 1 N–H and O–H groups in total. The lowest BCUT2D eigenvalue weighted by molar-refractivity contribution is 0.102. The van der Waals surface area contributed by atoms with Crippen LogP contribution in [0.3, 0.4) is 0 Å². The van der Waals surface area contributed by atoms with Gasteiger partial charge in [-0.15, -0.1) is 13.2 Å². The van der Waals surface area contributed by atoms with Crippen LogP contribution >= 0.6 is 0 Å². The predicted molar refractivity (Wildman–Crippen MR) is 137 cm³/mol. The van der Waals surface area contributed by atoms with E-state index in [9.17, 15) is 13.2 Å². The second kappa shape index (κ2) is 12.5. The van der Waals surface area contributed by atoms with Crippen molar-refractivity contribution in [3.8, 4) is 11.5 Å². The highest BCUT2D eigenvalue weighted by Gasteiger charge is 2.22. The third kappa shape index (κ3) is 7.05. The first-order chi connectivity index (χ1) is 17.0. The Bertz CT molecular complexity index is 1230. The number of nitrogens with one attached hydrogen (secondary N) is 1. The van der Waals surface area contributed by atoms with Gasteiger partial charge in [0.2, 0.25) is 10.0 Å². The maximum absolute atomic E-state index is 12.9. The molecule has 0 aromatic heterocycles. The molecular weight excluding hydrogens is 464 g/mol. The Kier molecular flexibility index (Phi) is 9.23. The fourth-order valence-electron chi connectivity index (χ4n) is 3.22. The van der Waals surface area contributed by atoms with E-state index in [0.29, 0.717) is 23.6 Å². The number of hydrogen-bond donors (Lipinski definition) is 1. The van der Waals surface area contributed by atoms with Crippen molar-refractivity contribution in [2.75, 3.05) is 31.6 Å². The number of carbonyl (C=O) groups excluding carboxylic acids is 1. The fourth-order valence-corrected chi connectivity index (χ4v) is 4.61. The molecule has 0 spiro atoms. The van der Waals surface area contributed by atoms with Gasteiger partial charge in [0.15, 0.2) is 0 Å². The van der Waals surface area contributed by atoms with E-state index in [1.54, 1.807) is 36.4 Å². The summed E-state index contributed by atoms with van der Waals surface area (Å²) in [4.78, 5) is 13.0. The summed E-state index contributed by atoms with van der Waals surface area (Å²) in [5, 5.41) is 2.78. The average Bonchev–Trinajstić information content (AvgIpc) is 2.87. The summed E-state index contributed by atoms with van der Waals surface area (Å²) in [6.07, 6.45) is 3.03. The zero-order chi connectivity index (χ0) is 25.1. The maximum atomic E-state index is 12.9. The molecule has 0 saturated carbocycles. The Hall–Kier alpha value is -3.88. The van der Waals surface area contributed by atoms with Crippen LogP contribution in [-0.4, -0.2) is 44.9 Å². The molecule has 0 aliphatic carbocycles. The molecule has 3 aromatic carbocycles. The summed E-state index contributed by atoms with van der Waals surface area (Å²) in [5.74, 6) is 0.787. The summed E-state index contributed by atoms with van der Waals surface area (Å²) >= 11 is 0. The van der Waals surface area contributed by atoms with Crippen molar-refractivity contribution in [2.24, 2.45) is 0 Å². The van der Waals surface area contributed by atoms with Gasteiger partial charge in [0.25, 0.3) is 5.91 Å². The van der Waals surface area contributed by atoms with E-state index in [4.69, 9.17) is 9.47 Å². The molecule has 0 fully saturated rings. The number of rotatable bonds is 13. The summed E-state index contributed by atoms with van der Waals surface area (Å²) in [6.45, 7) is 8.13. The molecule has 0 bridgehead atoms. The average molecular weight is 493 g/mol. The zero-order valence-corrected chi connectivity index (χ0v) is 20.1. The first kappa shape index (κ1) is 25.7. The highest BCUT2D eigenvalue weighted by molar-refractivity contribution is 7.89. The molecule has 0 aliphatic rings. The van der Waals surface area contributed by atoms with Gasteiger partial charge in [-0.1, -0.05) is 42.5 Å². The van der Waals surface area contributed by atoms with Crippen LogP contribution in [0.25, 0.3) is 0 Å². The van der Waals surface area contributed by atoms with Gasteiger partial charge in [-0.3, -0.25) is 4.79 Å². The number of hydrogen-bond acceptors (Lipinski definition) is 5. The number of carbonyl (C=O) groups is 1. The van der Waals surface area contributed by atoms with Crippen molar-refractivity contribution in [3.63, 3.8) is 0 Å². The van der Waals surface area contributed by atoms with Crippen molar-refractivity contribution in [2.45, 2.75) is 4.90 Å². The third-order valence-electron chi connectivity index (χ3n) is 4.90. The third-order valence-corrected chi connectivity index (χ3v) is 6.75. The van der Waals surface area contributed by atoms with E-state index in [0.717, 1.165) is 5.75 Å². The Morgan fingerprint density at radius 2 is 1.43 bits per heavy atom. The highest BCUT2D eigenvalue weighted by Crippen LogP contribution is 2.22. The SMILES string of the molecule is C=CCN(CC=C)S(=O)(=O)c1ccc(NC(=O)c2ccccc2OCCOc2ccccc2)cc1. The maximum Gasteiger partial charge on any atom is 0.259 e. The molecule has 0 radical (unpaired) electrons. The molecule has 1 amide bonds. The number of sulfonamides is 1. The van der Waals surface area contributed by atoms with E-state index in [1.807, 2.05) is 30.3 Å². The van der Waals surface area contributed by atoms with Gasteiger partial charge in [0, 0.05) is 18.8 Å². The summed E-state index contributed by atoms with van der Waals surface area (Å²) < 4.78 is 38.3.